The second-order valence-electron chi connectivity index (χ2n) is 11.2. The van der Waals surface area contributed by atoms with Crippen molar-refractivity contribution >= 4 is 35.0 Å². The first-order valence-corrected chi connectivity index (χ1v) is 16.8. The first kappa shape index (κ1) is 32.8. The normalized spacial score (nSPS) is 15.9. The summed E-state index contributed by atoms with van der Waals surface area (Å²) in [6.45, 7) is 5.60. The highest BCUT2D eigenvalue weighted by Crippen LogP contribution is 2.36. The summed E-state index contributed by atoms with van der Waals surface area (Å²) < 4.78 is 24.8. The lowest BCUT2D eigenvalue weighted by Crippen LogP contribution is -2.40. The zero-order valence-electron chi connectivity index (χ0n) is 27.1. The molecule has 1 saturated heterocycles. The van der Waals surface area contributed by atoms with Crippen LogP contribution in [0.5, 0.6) is 17.2 Å². The van der Waals surface area contributed by atoms with Crippen LogP contribution in [0.1, 0.15) is 49.4 Å². The van der Waals surface area contributed by atoms with Crippen molar-refractivity contribution in [3.05, 3.63) is 115 Å². The van der Waals surface area contributed by atoms with Crippen LogP contribution in [0.3, 0.4) is 0 Å². The maximum absolute atomic E-state index is 14.3. The van der Waals surface area contributed by atoms with E-state index in [0.717, 1.165) is 31.5 Å². The molecule has 6 rings (SSSR count). The van der Waals surface area contributed by atoms with Gasteiger partial charge in [-0.05, 0) is 68.2 Å². The zero-order valence-corrected chi connectivity index (χ0v) is 28.0. The van der Waals surface area contributed by atoms with Crippen LogP contribution in [0.25, 0.3) is 11.8 Å². The van der Waals surface area contributed by atoms with E-state index in [1.807, 2.05) is 72.5 Å². The van der Waals surface area contributed by atoms with Gasteiger partial charge in [0.2, 0.25) is 0 Å². The molecule has 3 aromatic carbocycles. The molecule has 0 N–H and O–H groups in total. The molecular weight excluding hydrogens is 630 g/mol. The van der Waals surface area contributed by atoms with Crippen molar-refractivity contribution in [2.45, 2.75) is 32.7 Å². The molecule has 11 heteroatoms. The number of esters is 1. The van der Waals surface area contributed by atoms with E-state index < -0.39 is 12.0 Å². The van der Waals surface area contributed by atoms with Crippen LogP contribution in [0, 0.1) is 0 Å². The van der Waals surface area contributed by atoms with Crippen LogP contribution in [-0.2, 0) is 14.3 Å². The Morgan fingerprint density at radius 1 is 0.938 bits per heavy atom. The van der Waals surface area contributed by atoms with Gasteiger partial charge in [0.05, 0.1) is 42.2 Å². The lowest BCUT2D eigenvalue weighted by Gasteiger charge is -2.26. The number of hydrogen-bond acceptors (Lipinski definition) is 9. The van der Waals surface area contributed by atoms with Gasteiger partial charge >= 0.3 is 5.97 Å². The van der Waals surface area contributed by atoms with Crippen LogP contribution in [0.2, 0.25) is 0 Å². The fraction of sp³-hybridized carbons (Fsp3) is 0.297. The van der Waals surface area contributed by atoms with Crippen LogP contribution >= 0.6 is 11.3 Å². The highest BCUT2D eigenvalue weighted by molar-refractivity contribution is 7.07. The summed E-state index contributed by atoms with van der Waals surface area (Å²) in [7, 11) is 1.57. The first-order valence-electron chi connectivity index (χ1n) is 16.0. The smallest absolute Gasteiger partial charge is 0.338 e. The van der Waals surface area contributed by atoms with Crippen molar-refractivity contribution in [2.24, 2.45) is 4.99 Å². The molecule has 2 aliphatic heterocycles. The zero-order chi connectivity index (χ0) is 33.6. The molecule has 0 aliphatic carbocycles. The van der Waals surface area contributed by atoms with E-state index in [0.29, 0.717) is 50.0 Å². The largest absolute Gasteiger partial charge is 0.497 e. The van der Waals surface area contributed by atoms with E-state index in [1.54, 1.807) is 36.8 Å². The van der Waals surface area contributed by atoms with Crippen LogP contribution in [0.15, 0.2) is 88.2 Å². The molecule has 0 spiro atoms. The fourth-order valence-electron chi connectivity index (χ4n) is 5.92. The minimum atomic E-state index is -0.823. The van der Waals surface area contributed by atoms with Crippen molar-refractivity contribution in [2.75, 3.05) is 40.0 Å². The fourth-order valence-corrected chi connectivity index (χ4v) is 6.92. The summed E-state index contributed by atoms with van der Waals surface area (Å²) in [5, 5.41) is 0. The monoisotopic (exact) mass is 667 g/mol. The summed E-state index contributed by atoms with van der Waals surface area (Å²) in [5.74, 6) is 0.903. The number of rotatable bonds is 11. The summed E-state index contributed by atoms with van der Waals surface area (Å²) >= 11 is 1.23. The van der Waals surface area contributed by atoms with Crippen LogP contribution in [0.4, 0.5) is 0 Å². The molecule has 48 heavy (non-hydrogen) atoms. The predicted molar refractivity (Wildman–Crippen MR) is 183 cm³/mol. The molecule has 3 heterocycles. The number of hydrogen-bond donors (Lipinski definition) is 0. The molecule has 0 bridgehead atoms. The van der Waals surface area contributed by atoms with Gasteiger partial charge < -0.3 is 23.8 Å². The van der Waals surface area contributed by atoms with Crippen molar-refractivity contribution in [3.63, 3.8) is 0 Å². The molecule has 4 aromatic rings. The third-order valence-electron chi connectivity index (χ3n) is 8.16. The number of ether oxygens (including phenoxy) is 4. The second kappa shape index (κ2) is 14.7. The number of aromatic nitrogens is 1. The highest BCUT2D eigenvalue weighted by atomic mass is 32.1. The molecule has 1 fully saturated rings. The Labute approximate surface area is 282 Å². The summed E-state index contributed by atoms with van der Waals surface area (Å²) in [6.07, 6.45) is 3.78. The Hall–Kier alpha value is -5.16. The number of nitrogens with zero attached hydrogens (tertiary/aromatic N) is 3. The number of methoxy groups -OCH3 is 1. The molecule has 1 aromatic heterocycles. The maximum Gasteiger partial charge on any atom is 0.338 e. The maximum atomic E-state index is 14.3. The standard InChI is InChI=1S/C37H37N3O7S/c1-4-45-29-20-24(16-17-28(29)47-23-31(41)39-18-9-10-19-39)21-30-35(42)40-34(26-14-11-15-27(22-26)44-3)32(36(43)46-5-2)33(38-37(40)48-30)25-12-7-6-8-13-25/h6-8,11-17,20-22,34H,4-5,9-10,18-19,23H2,1-3H3/b30-21+/t34-/m1/s1. The molecule has 10 nitrogen and oxygen atoms in total. The van der Waals surface area contributed by atoms with E-state index in [-0.39, 0.29) is 30.3 Å². The third kappa shape index (κ3) is 6.77. The Morgan fingerprint density at radius 2 is 1.73 bits per heavy atom. The second-order valence-corrected chi connectivity index (χ2v) is 12.2. The molecule has 0 saturated carbocycles. The van der Waals surface area contributed by atoms with Crippen LogP contribution in [-0.4, -0.2) is 61.4 Å². The van der Waals surface area contributed by atoms with Crippen molar-refractivity contribution in [1.29, 1.82) is 0 Å². The average Bonchev–Trinajstić information content (AvgIpc) is 3.76. The van der Waals surface area contributed by atoms with Gasteiger partial charge in [0.25, 0.3) is 11.5 Å². The lowest BCUT2D eigenvalue weighted by molar-refractivity contribution is -0.139. The Kier molecular flexibility index (Phi) is 10.1. The average molecular weight is 668 g/mol. The number of thiazole rings is 1. The number of fused-ring (bicyclic) bond motifs is 1. The Morgan fingerprint density at radius 3 is 2.46 bits per heavy atom. The summed E-state index contributed by atoms with van der Waals surface area (Å²) in [4.78, 5) is 47.7. The molecular formula is C37H37N3O7S. The molecule has 1 atom stereocenters. The van der Waals surface area contributed by atoms with E-state index in [9.17, 15) is 14.4 Å². The number of carbonyl (C=O) groups excluding carboxylic acids is 2. The predicted octanol–water partition coefficient (Wildman–Crippen LogP) is 4.34. The number of likely N-dealkylation sites (tertiary alicyclic amines) is 1. The molecule has 1 amide bonds. The number of amides is 1. The number of carbonyl (C=O) groups is 2. The Bertz CT molecular complexity index is 2030. The highest BCUT2D eigenvalue weighted by Gasteiger charge is 2.35. The van der Waals surface area contributed by atoms with Gasteiger partial charge in [0, 0.05) is 18.7 Å². The molecule has 248 valence electrons. The number of benzene rings is 3. The van der Waals surface area contributed by atoms with Crippen molar-refractivity contribution in [3.8, 4) is 17.2 Å². The van der Waals surface area contributed by atoms with Crippen molar-refractivity contribution in [1.82, 2.24) is 9.47 Å². The SMILES string of the molecule is CCOC(=O)C1=C(c2ccccc2)N=c2s/c(=C/c3ccc(OCC(=O)N4CCCC4)c(OCC)c3)c(=O)n2[C@@H]1c1cccc(OC)c1. The lowest BCUT2D eigenvalue weighted by atomic mass is 9.93. The van der Waals surface area contributed by atoms with Crippen molar-refractivity contribution < 1.29 is 28.5 Å². The summed E-state index contributed by atoms with van der Waals surface area (Å²) in [5.41, 5.74) is 2.50. The quantitative estimate of drug-likeness (QED) is 0.219. The van der Waals surface area contributed by atoms with E-state index in [4.69, 9.17) is 23.9 Å². The molecule has 2 aliphatic rings. The van der Waals surface area contributed by atoms with Gasteiger partial charge in [-0.25, -0.2) is 9.79 Å². The summed E-state index contributed by atoms with van der Waals surface area (Å²) in [6, 6.07) is 21.2. The van der Waals surface area contributed by atoms with Gasteiger partial charge in [-0.3, -0.25) is 14.2 Å². The van der Waals surface area contributed by atoms with Gasteiger partial charge in [-0.1, -0.05) is 59.9 Å². The molecule has 0 unspecified atom stereocenters. The van der Waals surface area contributed by atoms with Gasteiger partial charge in [0.1, 0.15) is 5.75 Å². The molecule has 0 radical (unpaired) electrons. The minimum absolute atomic E-state index is 0.0530. The topological polar surface area (TPSA) is 109 Å². The van der Waals surface area contributed by atoms with E-state index in [1.165, 1.54) is 11.3 Å². The first-order chi connectivity index (χ1) is 23.4. The van der Waals surface area contributed by atoms with Gasteiger partial charge in [0.15, 0.2) is 22.9 Å². The van der Waals surface area contributed by atoms with Gasteiger partial charge in [-0.15, -0.1) is 0 Å². The van der Waals surface area contributed by atoms with Gasteiger partial charge in [-0.2, -0.15) is 0 Å². The van der Waals surface area contributed by atoms with Crippen LogP contribution < -0.4 is 29.1 Å². The Balaban J connectivity index is 1.46. The van der Waals surface area contributed by atoms with E-state index in [2.05, 4.69) is 0 Å². The third-order valence-corrected chi connectivity index (χ3v) is 9.14. The minimum Gasteiger partial charge on any atom is -0.497 e. The van der Waals surface area contributed by atoms with E-state index >= 15 is 0 Å².